The van der Waals surface area contributed by atoms with Crippen LogP contribution in [0.3, 0.4) is 0 Å². The molecule has 0 bridgehead atoms. The second-order valence-electron chi connectivity index (χ2n) is 2.83. The Morgan fingerprint density at radius 1 is 1.67 bits per heavy atom. The van der Waals surface area contributed by atoms with Crippen LogP contribution in [0, 0.1) is 0 Å². The molecule has 0 rings (SSSR count). The van der Waals surface area contributed by atoms with Gasteiger partial charge in [0.15, 0.2) is 0 Å². The van der Waals surface area contributed by atoms with Crippen LogP contribution >= 0.6 is 0 Å². The summed E-state index contributed by atoms with van der Waals surface area (Å²) >= 11 is 0. The maximum absolute atomic E-state index is 10.8. The molecule has 0 aromatic carbocycles. The van der Waals surface area contributed by atoms with Crippen LogP contribution in [-0.4, -0.2) is 37.7 Å². The molecule has 0 spiro atoms. The molecule has 0 radical (unpaired) electrons. The van der Waals surface area contributed by atoms with Crippen molar-refractivity contribution in [1.29, 1.82) is 0 Å². The van der Waals surface area contributed by atoms with Crippen molar-refractivity contribution in [2.24, 2.45) is 5.73 Å². The van der Waals surface area contributed by atoms with Crippen molar-refractivity contribution in [3.63, 3.8) is 0 Å². The molecule has 1 unspecified atom stereocenters. The van der Waals surface area contributed by atoms with Gasteiger partial charge in [-0.1, -0.05) is 0 Å². The molecule has 1 amide bonds. The van der Waals surface area contributed by atoms with E-state index in [0.717, 1.165) is 12.8 Å². The largest absolute Gasteiger partial charge is 0.385 e. The third-order valence-corrected chi connectivity index (χ3v) is 1.84. The predicted octanol–water partition coefficient (Wildman–Crippen LogP) is 0.176. The van der Waals surface area contributed by atoms with Gasteiger partial charge in [0.25, 0.3) is 0 Å². The minimum atomic E-state index is -0.183. The van der Waals surface area contributed by atoms with Crippen molar-refractivity contribution < 1.29 is 9.53 Å². The van der Waals surface area contributed by atoms with Crippen LogP contribution in [0.2, 0.25) is 0 Å². The molecule has 2 N–H and O–H groups in total. The summed E-state index contributed by atoms with van der Waals surface area (Å²) in [6, 6.07) is 0. The van der Waals surface area contributed by atoms with Gasteiger partial charge in [0.1, 0.15) is 0 Å². The fourth-order valence-corrected chi connectivity index (χ4v) is 0.864. The molecule has 0 saturated carbocycles. The average Bonchev–Trinajstić information content (AvgIpc) is 2.03. The highest BCUT2D eigenvalue weighted by atomic mass is 16.5. The van der Waals surface area contributed by atoms with Gasteiger partial charge in [-0.2, -0.15) is 0 Å². The summed E-state index contributed by atoms with van der Waals surface area (Å²) in [4.78, 5) is 12.4. The summed E-state index contributed by atoms with van der Waals surface area (Å²) in [5.41, 5.74) is 5.71. The summed E-state index contributed by atoms with van der Waals surface area (Å²) in [7, 11) is 3.36. The van der Waals surface area contributed by atoms with Crippen molar-refractivity contribution in [1.82, 2.24) is 4.90 Å². The molecule has 72 valence electrons. The molecule has 0 aromatic heterocycles. The normalized spacial score (nSPS) is 12.7. The van der Waals surface area contributed by atoms with Crippen LogP contribution in [0.15, 0.2) is 0 Å². The highest BCUT2D eigenvalue weighted by Crippen LogP contribution is 1.99. The third-order valence-electron chi connectivity index (χ3n) is 1.84. The smallest absolute Gasteiger partial charge is 0.220 e. The molecular weight excluding hydrogens is 156 g/mol. The number of ether oxygens (including phenoxy) is 1. The Hall–Kier alpha value is -0.610. The maximum Gasteiger partial charge on any atom is 0.220 e. The molecule has 0 aromatic rings. The van der Waals surface area contributed by atoms with Gasteiger partial charge in [0.05, 0.1) is 6.17 Å². The fourth-order valence-electron chi connectivity index (χ4n) is 0.864. The Morgan fingerprint density at radius 2 is 2.25 bits per heavy atom. The van der Waals surface area contributed by atoms with E-state index in [9.17, 15) is 4.79 Å². The monoisotopic (exact) mass is 174 g/mol. The van der Waals surface area contributed by atoms with E-state index in [-0.39, 0.29) is 12.1 Å². The molecular formula is C8H18N2O2. The SMILES string of the molecule is COCCCC(N)N(C)C(C)=O. The molecule has 0 heterocycles. The summed E-state index contributed by atoms with van der Waals surface area (Å²) in [5.74, 6) is -0.0000770. The molecule has 0 aliphatic rings. The van der Waals surface area contributed by atoms with Gasteiger partial charge in [-0.05, 0) is 12.8 Å². The molecule has 4 heteroatoms. The predicted molar refractivity (Wildman–Crippen MR) is 47.5 cm³/mol. The Bertz CT molecular complexity index is 139. The first-order valence-corrected chi connectivity index (χ1v) is 4.07. The lowest BCUT2D eigenvalue weighted by Gasteiger charge is -2.22. The third kappa shape index (κ3) is 4.31. The van der Waals surface area contributed by atoms with Crippen LogP contribution in [0.25, 0.3) is 0 Å². The number of carbonyl (C=O) groups is 1. The van der Waals surface area contributed by atoms with Gasteiger partial charge < -0.3 is 15.4 Å². The number of hydrogen-bond acceptors (Lipinski definition) is 3. The van der Waals surface area contributed by atoms with Crippen LogP contribution < -0.4 is 5.73 Å². The van der Waals surface area contributed by atoms with E-state index in [1.54, 1.807) is 14.2 Å². The minimum absolute atomic E-state index is 0.0000770. The average molecular weight is 174 g/mol. The number of amides is 1. The van der Waals surface area contributed by atoms with Crippen molar-refractivity contribution in [2.45, 2.75) is 25.9 Å². The molecule has 12 heavy (non-hydrogen) atoms. The summed E-state index contributed by atoms with van der Waals surface area (Å²) in [6.07, 6.45) is 1.48. The zero-order valence-corrected chi connectivity index (χ0v) is 8.04. The summed E-state index contributed by atoms with van der Waals surface area (Å²) < 4.78 is 4.87. The van der Waals surface area contributed by atoms with Crippen molar-refractivity contribution in [3.8, 4) is 0 Å². The Kier molecular flexibility index (Phi) is 5.66. The number of hydrogen-bond donors (Lipinski definition) is 1. The van der Waals surface area contributed by atoms with Crippen LogP contribution in [0.5, 0.6) is 0 Å². The zero-order chi connectivity index (χ0) is 9.56. The van der Waals surface area contributed by atoms with Gasteiger partial charge >= 0.3 is 0 Å². The molecule has 0 aliphatic heterocycles. The topological polar surface area (TPSA) is 55.6 Å². The quantitative estimate of drug-likeness (QED) is 0.477. The lowest BCUT2D eigenvalue weighted by molar-refractivity contribution is -0.129. The van der Waals surface area contributed by atoms with E-state index in [1.807, 2.05) is 0 Å². The van der Waals surface area contributed by atoms with Crippen LogP contribution in [0.1, 0.15) is 19.8 Å². The number of methoxy groups -OCH3 is 1. The number of nitrogens with zero attached hydrogens (tertiary/aromatic N) is 1. The van der Waals surface area contributed by atoms with E-state index in [0.29, 0.717) is 6.61 Å². The van der Waals surface area contributed by atoms with Gasteiger partial charge in [0.2, 0.25) is 5.91 Å². The minimum Gasteiger partial charge on any atom is -0.385 e. The Balaban J connectivity index is 3.56. The highest BCUT2D eigenvalue weighted by Gasteiger charge is 2.10. The Morgan fingerprint density at radius 3 is 2.67 bits per heavy atom. The van der Waals surface area contributed by atoms with E-state index in [2.05, 4.69) is 0 Å². The number of carbonyl (C=O) groups excluding carboxylic acids is 1. The van der Waals surface area contributed by atoms with Gasteiger partial charge in [-0.15, -0.1) is 0 Å². The molecule has 4 nitrogen and oxygen atoms in total. The van der Waals surface area contributed by atoms with Crippen LogP contribution in [-0.2, 0) is 9.53 Å². The second kappa shape index (κ2) is 5.97. The first-order chi connectivity index (χ1) is 5.59. The number of nitrogens with two attached hydrogens (primary N) is 1. The molecule has 0 aliphatic carbocycles. The Labute approximate surface area is 73.7 Å². The fraction of sp³-hybridized carbons (Fsp3) is 0.875. The van der Waals surface area contributed by atoms with E-state index in [1.165, 1.54) is 11.8 Å². The van der Waals surface area contributed by atoms with Crippen LogP contribution in [0.4, 0.5) is 0 Å². The lowest BCUT2D eigenvalue weighted by atomic mass is 10.2. The van der Waals surface area contributed by atoms with Crippen molar-refractivity contribution in [3.05, 3.63) is 0 Å². The van der Waals surface area contributed by atoms with E-state index < -0.39 is 0 Å². The van der Waals surface area contributed by atoms with Crippen molar-refractivity contribution in [2.75, 3.05) is 20.8 Å². The van der Waals surface area contributed by atoms with Crippen molar-refractivity contribution >= 4 is 5.91 Å². The first-order valence-electron chi connectivity index (χ1n) is 4.07. The molecule has 0 fully saturated rings. The van der Waals surface area contributed by atoms with Gasteiger partial charge in [-0.25, -0.2) is 0 Å². The maximum atomic E-state index is 10.8. The highest BCUT2D eigenvalue weighted by molar-refractivity contribution is 5.73. The van der Waals surface area contributed by atoms with Gasteiger partial charge in [0, 0.05) is 27.7 Å². The van der Waals surface area contributed by atoms with E-state index in [4.69, 9.17) is 10.5 Å². The molecule has 0 saturated heterocycles. The second-order valence-corrected chi connectivity index (χ2v) is 2.83. The summed E-state index contributed by atoms with van der Waals surface area (Å²) in [6.45, 7) is 2.20. The zero-order valence-electron chi connectivity index (χ0n) is 8.04. The lowest BCUT2D eigenvalue weighted by Crippen LogP contribution is -2.42. The van der Waals surface area contributed by atoms with E-state index >= 15 is 0 Å². The van der Waals surface area contributed by atoms with Gasteiger partial charge in [-0.3, -0.25) is 4.79 Å². The summed E-state index contributed by atoms with van der Waals surface area (Å²) in [5, 5.41) is 0. The number of rotatable bonds is 5. The first kappa shape index (κ1) is 11.4. The standard InChI is InChI=1S/C8H18N2O2/c1-7(11)10(2)8(9)5-4-6-12-3/h8H,4-6,9H2,1-3H3. The molecule has 1 atom stereocenters.